The standard InChI is InChI=1S/C13H14NO.ClH/c1-14(2)11-8-4-6-9-5-3-7-10(12(9)11)13(14)15;/h3-8,13,15H,1-2H3;1H/q+1;/p-1/t13-;/m0./s1. The van der Waals surface area contributed by atoms with Gasteiger partial charge in [-0.1, -0.05) is 24.3 Å². The van der Waals surface area contributed by atoms with Crippen molar-refractivity contribution >= 4 is 16.5 Å². The van der Waals surface area contributed by atoms with E-state index in [1.807, 2.05) is 26.2 Å². The molecule has 0 aliphatic carbocycles. The molecule has 0 aromatic heterocycles. The van der Waals surface area contributed by atoms with Gasteiger partial charge in [-0.25, -0.2) is 0 Å². The first kappa shape index (κ1) is 11.4. The Hall–Kier alpha value is -1.09. The zero-order valence-corrected chi connectivity index (χ0v) is 10.1. The average Bonchev–Trinajstić information content (AvgIpc) is 2.43. The van der Waals surface area contributed by atoms with E-state index in [1.165, 1.54) is 16.5 Å². The number of nitrogens with zero attached hydrogens (tertiary/aromatic N) is 1. The van der Waals surface area contributed by atoms with Crippen LogP contribution in [0.25, 0.3) is 10.8 Å². The lowest BCUT2D eigenvalue weighted by Crippen LogP contribution is -3.00. The third kappa shape index (κ3) is 1.21. The highest BCUT2D eigenvalue weighted by Gasteiger charge is 2.40. The third-order valence-corrected chi connectivity index (χ3v) is 3.43. The van der Waals surface area contributed by atoms with E-state index in [1.54, 1.807) is 0 Å². The quantitative estimate of drug-likeness (QED) is 0.606. The summed E-state index contributed by atoms with van der Waals surface area (Å²) in [6.45, 7) is 0. The molecule has 0 saturated heterocycles. The van der Waals surface area contributed by atoms with Gasteiger partial charge in [0.1, 0.15) is 5.69 Å². The topological polar surface area (TPSA) is 20.2 Å². The van der Waals surface area contributed by atoms with Crippen molar-refractivity contribution in [3.05, 3.63) is 42.0 Å². The summed E-state index contributed by atoms with van der Waals surface area (Å²) in [6, 6.07) is 12.4. The molecule has 1 aliphatic heterocycles. The van der Waals surface area contributed by atoms with Gasteiger partial charge in [0.2, 0.25) is 6.23 Å². The molecule has 3 heteroatoms. The average molecular weight is 236 g/mol. The van der Waals surface area contributed by atoms with Crippen molar-refractivity contribution < 1.29 is 17.5 Å². The molecule has 0 unspecified atom stereocenters. The van der Waals surface area contributed by atoms with E-state index < -0.39 is 6.23 Å². The van der Waals surface area contributed by atoms with Gasteiger partial charge in [-0.3, -0.25) is 4.48 Å². The van der Waals surface area contributed by atoms with Crippen molar-refractivity contribution in [2.24, 2.45) is 0 Å². The minimum absolute atomic E-state index is 0. The number of rotatable bonds is 0. The molecule has 1 aliphatic rings. The summed E-state index contributed by atoms with van der Waals surface area (Å²) in [7, 11) is 4.08. The molecule has 1 atom stereocenters. The number of hydrogen-bond acceptors (Lipinski definition) is 1. The lowest BCUT2D eigenvalue weighted by Gasteiger charge is -2.28. The van der Waals surface area contributed by atoms with Crippen molar-refractivity contribution in [3.8, 4) is 0 Å². The normalized spacial score (nSPS) is 20.8. The van der Waals surface area contributed by atoms with E-state index in [2.05, 4.69) is 24.3 Å². The zero-order chi connectivity index (χ0) is 10.6. The Morgan fingerprint density at radius 1 is 1.06 bits per heavy atom. The van der Waals surface area contributed by atoms with Crippen LogP contribution < -0.4 is 16.9 Å². The molecule has 1 heterocycles. The van der Waals surface area contributed by atoms with Gasteiger partial charge >= 0.3 is 0 Å². The van der Waals surface area contributed by atoms with Crippen molar-refractivity contribution in [2.45, 2.75) is 6.23 Å². The predicted octanol–water partition coefficient (Wildman–Crippen LogP) is -0.585. The van der Waals surface area contributed by atoms with Crippen LogP contribution in [0.1, 0.15) is 11.8 Å². The molecule has 2 aromatic rings. The van der Waals surface area contributed by atoms with Gasteiger partial charge in [0.25, 0.3) is 0 Å². The number of quaternary nitrogens is 1. The molecule has 1 N–H and O–H groups in total. The van der Waals surface area contributed by atoms with Crippen molar-refractivity contribution in [1.82, 2.24) is 4.48 Å². The molecular weight excluding hydrogens is 222 g/mol. The van der Waals surface area contributed by atoms with Crippen LogP contribution in [0.4, 0.5) is 5.69 Å². The summed E-state index contributed by atoms with van der Waals surface area (Å²) >= 11 is 0. The number of halogens is 1. The van der Waals surface area contributed by atoms with Gasteiger partial charge in [0.15, 0.2) is 0 Å². The molecule has 0 spiro atoms. The maximum absolute atomic E-state index is 10.3. The fourth-order valence-corrected chi connectivity index (χ4v) is 2.52. The van der Waals surface area contributed by atoms with E-state index in [0.717, 1.165) is 5.56 Å². The molecule has 0 fully saturated rings. The molecule has 84 valence electrons. The molecule has 0 bridgehead atoms. The summed E-state index contributed by atoms with van der Waals surface area (Å²) in [6.07, 6.45) is -0.439. The SMILES string of the molecule is C[N+]1(C)c2cccc3cccc(c23)[C@@H]1O.[Cl-]. The third-order valence-electron chi connectivity index (χ3n) is 3.43. The lowest BCUT2D eigenvalue weighted by molar-refractivity contribution is -0.00000511. The summed E-state index contributed by atoms with van der Waals surface area (Å²) < 4.78 is 0.524. The van der Waals surface area contributed by atoms with Crippen LogP contribution in [0.2, 0.25) is 0 Å². The van der Waals surface area contributed by atoms with E-state index in [-0.39, 0.29) is 12.4 Å². The molecule has 3 rings (SSSR count). The predicted molar refractivity (Wildman–Crippen MR) is 62.5 cm³/mol. The Morgan fingerprint density at radius 2 is 1.69 bits per heavy atom. The van der Waals surface area contributed by atoms with E-state index in [9.17, 15) is 5.11 Å². The van der Waals surface area contributed by atoms with Crippen LogP contribution >= 0.6 is 0 Å². The van der Waals surface area contributed by atoms with Crippen LogP contribution in [0.5, 0.6) is 0 Å². The van der Waals surface area contributed by atoms with Gasteiger partial charge in [0.05, 0.1) is 25.0 Å². The monoisotopic (exact) mass is 235 g/mol. The first-order valence-corrected chi connectivity index (χ1v) is 5.16. The Kier molecular flexibility index (Phi) is 2.46. The fraction of sp³-hybridized carbons (Fsp3) is 0.231. The summed E-state index contributed by atoms with van der Waals surface area (Å²) in [5.41, 5.74) is 2.25. The number of aliphatic hydroxyl groups is 1. The fourth-order valence-electron chi connectivity index (χ4n) is 2.52. The van der Waals surface area contributed by atoms with Gasteiger partial charge in [-0.2, -0.15) is 0 Å². The Bertz CT molecular complexity index is 545. The second kappa shape index (κ2) is 3.45. The summed E-state index contributed by atoms with van der Waals surface area (Å²) in [5, 5.41) is 12.7. The highest BCUT2D eigenvalue weighted by Crippen LogP contribution is 2.45. The van der Waals surface area contributed by atoms with E-state index >= 15 is 0 Å². The van der Waals surface area contributed by atoms with E-state index in [4.69, 9.17) is 0 Å². The second-order valence-electron chi connectivity index (χ2n) is 4.64. The summed E-state index contributed by atoms with van der Waals surface area (Å²) in [5.74, 6) is 0. The van der Waals surface area contributed by atoms with Crippen LogP contribution in [0, 0.1) is 0 Å². The second-order valence-corrected chi connectivity index (χ2v) is 4.64. The maximum Gasteiger partial charge on any atom is 0.222 e. The zero-order valence-electron chi connectivity index (χ0n) is 9.31. The first-order chi connectivity index (χ1) is 7.12. The Balaban J connectivity index is 0.000000963. The summed E-state index contributed by atoms with van der Waals surface area (Å²) in [4.78, 5) is 0. The van der Waals surface area contributed by atoms with E-state index in [0.29, 0.717) is 4.48 Å². The largest absolute Gasteiger partial charge is 1.00 e. The van der Waals surface area contributed by atoms with Crippen LogP contribution in [0.3, 0.4) is 0 Å². The van der Waals surface area contributed by atoms with Crippen molar-refractivity contribution in [2.75, 3.05) is 14.1 Å². The van der Waals surface area contributed by atoms with Crippen LogP contribution in [-0.4, -0.2) is 19.2 Å². The number of aliphatic hydroxyl groups excluding tert-OH is 1. The molecule has 0 amide bonds. The smallest absolute Gasteiger partial charge is 0.222 e. The number of benzene rings is 2. The Morgan fingerprint density at radius 3 is 2.38 bits per heavy atom. The molecule has 0 saturated carbocycles. The van der Waals surface area contributed by atoms with Gasteiger partial charge in [0, 0.05) is 0 Å². The Labute approximate surface area is 101 Å². The molecule has 2 nitrogen and oxygen atoms in total. The van der Waals surface area contributed by atoms with Gasteiger partial charge < -0.3 is 17.5 Å². The van der Waals surface area contributed by atoms with Crippen molar-refractivity contribution in [1.29, 1.82) is 0 Å². The van der Waals surface area contributed by atoms with Gasteiger partial charge in [-0.05, 0) is 17.5 Å². The highest BCUT2D eigenvalue weighted by atomic mass is 35.5. The lowest BCUT2D eigenvalue weighted by atomic mass is 10.1. The number of hydrogen-bond donors (Lipinski definition) is 1. The minimum Gasteiger partial charge on any atom is -1.00 e. The van der Waals surface area contributed by atoms with Crippen LogP contribution in [0.15, 0.2) is 36.4 Å². The molecule has 2 aromatic carbocycles. The van der Waals surface area contributed by atoms with Gasteiger partial charge in [-0.15, -0.1) is 0 Å². The molecular formula is C13H14ClNO. The molecule has 16 heavy (non-hydrogen) atoms. The first-order valence-electron chi connectivity index (χ1n) is 5.16. The molecule has 0 radical (unpaired) electrons. The maximum atomic E-state index is 10.3. The van der Waals surface area contributed by atoms with Crippen LogP contribution in [-0.2, 0) is 0 Å². The minimum atomic E-state index is -0.439. The van der Waals surface area contributed by atoms with Crippen molar-refractivity contribution in [3.63, 3.8) is 0 Å². The highest BCUT2D eigenvalue weighted by molar-refractivity contribution is 5.98.